The van der Waals surface area contributed by atoms with E-state index in [9.17, 15) is 4.79 Å². The van der Waals surface area contributed by atoms with Crippen molar-refractivity contribution in [1.82, 2.24) is 9.97 Å². The largest absolute Gasteiger partial charge is 0.489 e. The van der Waals surface area contributed by atoms with Crippen molar-refractivity contribution in [1.29, 1.82) is 0 Å². The molecule has 1 aromatic heterocycles. The molecule has 2 N–H and O–H groups in total. The van der Waals surface area contributed by atoms with Gasteiger partial charge in [0.05, 0.1) is 6.21 Å². The van der Waals surface area contributed by atoms with Crippen LogP contribution < -0.4 is 15.7 Å². The van der Waals surface area contributed by atoms with Crippen molar-refractivity contribution >= 4 is 23.8 Å². The lowest BCUT2D eigenvalue weighted by molar-refractivity contribution is 0.306. The van der Waals surface area contributed by atoms with Crippen LogP contribution in [-0.2, 0) is 13.0 Å². The van der Waals surface area contributed by atoms with E-state index in [0.717, 1.165) is 16.9 Å². The number of ether oxygens (including phenoxy) is 1. The number of aromatic nitrogens is 2. The predicted octanol–water partition coefficient (Wildman–Crippen LogP) is 4.01. The Bertz CT molecular complexity index is 984. The molecule has 0 fully saturated rings. The molecular weight excluding hydrogens is 364 g/mol. The maximum atomic E-state index is 11.5. The van der Waals surface area contributed by atoms with E-state index in [-0.39, 0.29) is 5.56 Å². The van der Waals surface area contributed by atoms with Gasteiger partial charge in [0, 0.05) is 16.8 Å². The molecule has 0 bridgehead atoms. The lowest BCUT2D eigenvalue weighted by Crippen LogP contribution is -2.11. The first-order valence-corrected chi connectivity index (χ1v) is 8.87. The molecule has 0 amide bonds. The fraction of sp³-hybridized carbons (Fsp3) is 0.150. The fourth-order valence-corrected chi connectivity index (χ4v) is 2.47. The molecule has 0 unspecified atom stereocenters. The van der Waals surface area contributed by atoms with Crippen molar-refractivity contribution < 1.29 is 4.74 Å². The van der Waals surface area contributed by atoms with Gasteiger partial charge in [0.1, 0.15) is 12.4 Å². The fourth-order valence-electron chi connectivity index (χ4n) is 2.34. The molecule has 0 aliphatic carbocycles. The van der Waals surface area contributed by atoms with Gasteiger partial charge in [-0.15, -0.1) is 0 Å². The number of hydrazone groups is 1. The van der Waals surface area contributed by atoms with E-state index in [0.29, 0.717) is 29.7 Å². The number of hydrogen-bond donors (Lipinski definition) is 2. The van der Waals surface area contributed by atoms with Crippen LogP contribution in [0.15, 0.2) is 64.5 Å². The van der Waals surface area contributed by atoms with Gasteiger partial charge in [0.25, 0.3) is 5.56 Å². The third-order valence-corrected chi connectivity index (χ3v) is 3.97. The summed E-state index contributed by atoms with van der Waals surface area (Å²) in [6, 6.07) is 16.5. The van der Waals surface area contributed by atoms with Crippen LogP contribution in [0.25, 0.3) is 0 Å². The minimum Gasteiger partial charge on any atom is -0.489 e. The summed E-state index contributed by atoms with van der Waals surface area (Å²) < 4.78 is 5.80. The van der Waals surface area contributed by atoms with Crippen molar-refractivity contribution in [2.45, 2.75) is 20.0 Å². The average molecular weight is 383 g/mol. The molecule has 0 spiro atoms. The maximum Gasteiger partial charge on any atom is 0.252 e. The van der Waals surface area contributed by atoms with Gasteiger partial charge in [-0.05, 0) is 41.8 Å². The first-order chi connectivity index (χ1) is 13.1. The first kappa shape index (κ1) is 18.7. The zero-order valence-electron chi connectivity index (χ0n) is 14.8. The Hall–Kier alpha value is -3.12. The van der Waals surface area contributed by atoms with Gasteiger partial charge in [-0.2, -0.15) is 5.10 Å². The van der Waals surface area contributed by atoms with Gasteiger partial charge in [0.15, 0.2) is 0 Å². The highest BCUT2D eigenvalue weighted by Gasteiger charge is 2.00. The molecule has 1 heterocycles. The van der Waals surface area contributed by atoms with E-state index in [1.165, 1.54) is 6.07 Å². The molecule has 3 rings (SSSR count). The first-order valence-electron chi connectivity index (χ1n) is 8.49. The van der Waals surface area contributed by atoms with E-state index in [1.807, 2.05) is 55.5 Å². The second-order valence-corrected chi connectivity index (χ2v) is 6.23. The molecule has 138 valence electrons. The van der Waals surface area contributed by atoms with Gasteiger partial charge in [-0.3, -0.25) is 9.78 Å². The molecule has 3 aromatic rings. The van der Waals surface area contributed by atoms with Crippen molar-refractivity contribution in [3.63, 3.8) is 0 Å². The van der Waals surface area contributed by atoms with E-state index in [1.54, 1.807) is 6.21 Å². The molecule has 27 heavy (non-hydrogen) atoms. The molecule has 6 nitrogen and oxygen atoms in total. The Labute approximate surface area is 161 Å². The summed E-state index contributed by atoms with van der Waals surface area (Å²) in [6.45, 7) is 2.38. The number of nitrogens with zero attached hydrogens (tertiary/aromatic N) is 2. The van der Waals surface area contributed by atoms with E-state index < -0.39 is 0 Å². The van der Waals surface area contributed by atoms with Crippen LogP contribution in [0, 0.1) is 0 Å². The second-order valence-electron chi connectivity index (χ2n) is 5.80. The molecular formula is C20H19ClN4O2. The van der Waals surface area contributed by atoms with Crippen molar-refractivity contribution in [3.8, 4) is 5.75 Å². The summed E-state index contributed by atoms with van der Waals surface area (Å²) in [5, 5.41) is 4.82. The molecule has 7 heteroatoms. The number of H-pyrrole nitrogens is 1. The van der Waals surface area contributed by atoms with Gasteiger partial charge in [-0.25, -0.2) is 10.4 Å². The van der Waals surface area contributed by atoms with Crippen molar-refractivity contribution in [3.05, 3.63) is 86.8 Å². The third kappa shape index (κ3) is 5.69. The lowest BCUT2D eigenvalue weighted by atomic mass is 10.2. The van der Waals surface area contributed by atoms with Crippen LogP contribution in [-0.4, -0.2) is 16.2 Å². The Morgan fingerprint density at radius 3 is 2.81 bits per heavy atom. The van der Waals surface area contributed by atoms with Crippen molar-refractivity contribution in [2.24, 2.45) is 5.10 Å². The van der Waals surface area contributed by atoms with E-state index in [4.69, 9.17) is 16.3 Å². The highest BCUT2D eigenvalue weighted by molar-refractivity contribution is 6.30. The molecule has 0 aliphatic rings. The van der Waals surface area contributed by atoms with Crippen LogP contribution in [0.4, 0.5) is 5.95 Å². The van der Waals surface area contributed by atoms with Crippen molar-refractivity contribution in [2.75, 3.05) is 5.43 Å². The Kier molecular flexibility index (Phi) is 6.22. The third-order valence-electron chi connectivity index (χ3n) is 3.72. The topological polar surface area (TPSA) is 79.4 Å². The Morgan fingerprint density at radius 1 is 1.22 bits per heavy atom. The summed E-state index contributed by atoms with van der Waals surface area (Å²) in [5.74, 6) is 1.04. The highest BCUT2D eigenvalue weighted by Crippen LogP contribution is 2.16. The zero-order chi connectivity index (χ0) is 19.1. The van der Waals surface area contributed by atoms with Gasteiger partial charge >= 0.3 is 0 Å². The summed E-state index contributed by atoms with van der Waals surface area (Å²) >= 11 is 5.88. The van der Waals surface area contributed by atoms with E-state index >= 15 is 0 Å². The normalized spacial score (nSPS) is 10.9. The zero-order valence-corrected chi connectivity index (χ0v) is 15.5. The molecule has 2 aromatic carbocycles. The van der Waals surface area contributed by atoms with Crippen LogP contribution >= 0.6 is 11.6 Å². The summed E-state index contributed by atoms with van der Waals surface area (Å²) in [5.41, 5.74) is 5.12. The second kappa shape index (κ2) is 9.00. The average Bonchev–Trinajstić information content (AvgIpc) is 2.67. The standard InChI is InChI=1S/C20H19ClN4O2/c1-2-17-11-19(26)24-20(23-17)25-22-12-15-4-3-5-18(10-15)27-13-14-6-8-16(21)9-7-14/h3-12H,2,13H2,1H3,(H2,23,24,25,26)/b22-12-. The number of aromatic amines is 1. The summed E-state index contributed by atoms with van der Waals surface area (Å²) in [4.78, 5) is 18.4. The van der Waals surface area contributed by atoms with Gasteiger partial charge < -0.3 is 4.74 Å². The van der Waals surface area contributed by atoms with E-state index in [2.05, 4.69) is 20.5 Å². The highest BCUT2D eigenvalue weighted by atomic mass is 35.5. The number of nitrogens with one attached hydrogen (secondary N) is 2. The smallest absolute Gasteiger partial charge is 0.252 e. The number of rotatable bonds is 7. The van der Waals surface area contributed by atoms with Gasteiger partial charge in [0.2, 0.25) is 5.95 Å². The predicted molar refractivity (Wildman–Crippen MR) is 108 cm³/mol. The molecule has 0 saturated heterocycles. The number of aryl methyl sites for hydroxylation is 1. The molecule has 0 aliphatic heterocycles. The van der Waals surface area contributed by atoms with Crippen LogP contribution in [0.2, 0.25) is 5.02 Å². The Morgan fingerprint density at radius 2 is 2.04 bits per heavy atom. The summed E-state index contributed by atoms with van der Waals surface area (Å²) in [7, 11) is 0. The Balaban J connectivity index is 1.61. The minimum absolute atomic E-state index is 0.211. The number of halogens is 1. The molecule has 0 atom stereocenters. The number of anilines is 1. The number of benzene rings is 2. The van der Waals surface area contributed by atoms with Crippen LogP contribution in [0.1, 0.15) is 23.7 Å². The minimum atomic E-state index is -0.211. The lowest BCUT2D eigenvalue weighted by Gasteiger charge is -2.07. The van der Waals surface area contributed by atoms with Crippen LogP contribution in [0.3, 0.4) is 0 Å². The quantitative estimate of drug-likeness (QED) is 0.478. The monoisotopic (exact) mass is 382 g/mol. The van der Waals surface area contributed by atoms with Crippen LogP contribution in [0.5, 0.6) is 5.75 Å². The maximum absolute atomic E-state index is 11.5. The van der Waals surface area contributed by atoms with Gasteiger partial charge in [-0.1, -0.05) is 42.8 Å². The number of hydrogen-bond acceptors (Lipinski definition) is 5. The molecule has 0 radical (unpaired) electrons. The molecule has 0 saturated carbocycles. The summed E-state index contributed by atoms with van der Waals surface area (Å²) in [6.07, 6.45) is 2.31. The SMILES string of the molecule is CCc1cc(=O)[nH]c(N/N=C\c2cccc(OCc3ccc(Cl)cc3)c2)n1.